The van der Waals surface area contributed by atoms with E-state index in [-0.39, 0.29) is 0 Å². The summed E-state index contributed by atoms with van der Waals surface area (Å²) in [6.45, 7) is 2.26. The number of halogens is 2. The molecule has 116 valence electrons. The number of rotatable bonds is 6. The van der Waals surface area contributed by atoms with Crippen LogP contribution in [0.25, 0.3) is 0 Å². The highest BCUT2D eigenvalue weighted by Crippen LogP contribution is 2.32. The second-order valence-electron chi connectivity index (χ2n) is 6.25. The fourth-order valence-corrected chi connectivity index (χ4v) is 3.35. The molecule has 0 atom stereocenters. The van der Waals surface area contributed by atoms with Crippen LogP contribution in [0.15, 0.2) is 30.4 Å². The minimum Gasteiger partial charge on any atom is -0.204 e. The van der Waals surface area contributed by atoms with Gasteiger partial charge in [-0.3, -0.25) is 0 Å². The van der Waals surface area contributed by atoms with Crippen molar-refractivity contribution >= 4 is 0 Å². The molecule has 1 saturated carbocycles. The number of hydrogen-bond donors (Lipinski definition) is 0. The molecule has 0 aliphatic heterocycles. The van der Waals surface area contributed by atoms with Gasteiger partial charge in [-0.05, 0) is 62.0 Å². The zero-order chi connectivity index (χ0) is 15.1. The quantitative estimate of drug-likeness (QED) is 0.559. The molecular formula is C19H26F2. The number of hydrogen-bond acceptors (Lipinski definition) is 0. The molecule has 1 aliphatic carbocycles. The third kappa shape index (κ3) is 4.94. The van der Waals surface area contributed by atoms with Crippen LogP contribution < -0.4 is 0 Å². The van der Waals surface area contributed by atoms with E-state index in [1.165, 1.54) is 44.6 Å². The van der Waals surface area contributed by atoms with Crippen molar-refractivity contribution in [2.24, 2.45) is 11.8 Å². The van der Waals surface area contributed by atoms with Crippen LogP contribution in [-0.2, 0) is 6.42 Å². The third-order valence-electron chi connectivity index (χ3n) is 4.61. The van der Waals surface area contributed by atoms with E-state index in [0.717, 1.165) is 12.3 Å². The lowest BCUT2D eigenvalue weighted by atomic mass is 9.80. The standard InChI is InChI=1S/C19H26F2/c1-2-6-15-11-13-16(14-12-15)7-3-4-8-17-9-5-10-18(20)19(17)21/h3,5,7,9-10,15-16H,2,4,6,8,11-14H2,1H3/b7-3+. The predicted molar refractivity (Wildman–Crippen MR) is 84.2 cm³/mol. The number of allylic oxidation sites excluding steroid dienone is 2. The summed E-state index contributed by atoms with van der Waals surface area (Å²) in [5, 5.41) is 0. The maximum atomic E-state index is 13.5. The number of benzene rings is 1. The van der Waals surface area contributed by atoms with Crippen molar-refractivity contribution < 1.29 is 8.78 Å². The van der Waals surface area contributed by atoms with Crippen LogP contribution in [0, 0.1) is 23.5 Å². The Labute approximate surface area is 127 Å². The lowest BCUT2D eigenvalue weighted by molar-refractivity contribution is 0.294. The Hall–Kier alpha value is -1.18. The Morgan fingerprint density at radius 1 is 1.14 bits per heavy atom. The van der Waals surface area contributed by atoms with E-state index in [2.05, 4.69) is 19.1 Å². The SMILES string of the molecule is CCCC1CCC(/C=C/CCc2cccc(F)c2F)CC1. The largest absolute Gasteiger partial charge is 0.204 e. The second-order valence-corrected chi connectivity index (χ2v) is 6.25. The summed E-state index contributed by atoms with van der Waals surface area (Å²) in [5.41, 5.74) is 0.478. The Balaban J connectivity index is 1.73. The van der Waals surface area contributed by atoms with Gasteiger partial charge in [-0.25, -0.2) is 8.78 Å². The number of aryl methyl sites for hydroxylation is 1. The van der Waals surface area contributed by atoms with E-state index >= 15 is 0 Å². The first-order chi connectivity index (χ1) is 10.2. The van der Waals surface area contributed by atoms with Gasteiger partial charge in [0, 0.05) is 0 Å². The summed E-state index contributed by atoms with van der Waals surface area (Å²) in [4.78, 5) is 0. The molecule has 2 heteroatoms. The van der Waals surface area contributed by atoms with Crippen LogP contribution in [0.1, 0.15) is 57.4 Å². The van der Waals surface area contributed by atoms with Crippen molar-refractivity contribution in [2.75, 3.05) is 0 Å². The average Bonchev–Trinajstić information content (AvgIpc) is 2.50. The Morgan fingerprint density at radius 3 is 2.62 bits per heavy atom. The summed E-state index contributed by atoms with van der Waals surface area (Å²) < 4.78 is 26.6. The van der Waals surface area contributed by atoms with Crippen LogP contribution >= 0.6 is 0 Å². The van der Waals surface area contributed by atoms with Gasteiger partial charge >= 0.3 is 0 Å². The molecule has 0 radical (unpaired) electrons. The van der Waals surface area contributed by atoms with E-state index in [0.29, 0.717) is 17.9 Å². The second kappa shape index (κ2) is 8.31. The first-order valence-electron chi connectivity index (χ1n) is 8.30. The van der Waals surface area contributed by atoms with E-state index in [1.807, 2.05) is 0 Å². The van der Waals surface area contributed by atoms with Gasteiger partial charge in [-0.1, -0.05) is 44.1 Å². The summed E-state index contributed by atoms with van der Waals surface area (Å²) in [6, 6.07) is 4.41. The lowest BCUT2D eigenvalue weighted by Crippen LogP contribution is -2.12. The average molecular weight is 292 g/mol. The van der Waals surface area contributed by atoms with E-state index in [9.17, 15) is 8.78 Å². The Kier molecular flexibility index (Phi) is 6.41. The Bertz CT molecular complexity index is 457. The summed E-state index contributed by atoms with van der Waals surface area (Å²) in [5.74, 6) is 0.188. The van der Waals surface area contributed by atoms with Gasteiger partial charge in [-0.15, -0.1) is 0 Å². The van der Waals surface area contributed by atoms with Crippen molar-refractivity contribution in [3.8, 4) is 0 Å². The maximum Gasteiger partial charge on any atom is 0.162 e. The van der Waals surface area contributed by atoms with Gasteiger partial charge in [0.05, 0.1) is 0 Å². The van der Waals surface area contributed by atoms with E-state index in [1.54, 1.807) is 12.1 Å². The van der Waals surface area contributed by atoms with Crippen molar-refractivity contribution in [1.29, 1.82) is 0 Å². The molecule has 0 spiro atoms. The molecule has 0 amide bonds. The molecule has 1 aliphatic rings. The van der Waals surface area contributed by atoms with Crippen molar-refractivity contribution in [3.05, 3.63) is 47.5 Å². The minimum atomic E-state index is -0.745. The molecule has 1 fully saturated rings. The molecule has 0 unspecified atom stereocenters. The first kappa shape index (κ1) is 16.2. The maximum absolute atomic E-state index is 13.5. The molecule has 0 bridgehead atoms. The van der Waals surface area contributed by atoms with Gasteiger partial charge in [0.25, 0.3) is 0 Å². The summed E-state index contributed by atoms with van der Waals surface area (Å²) in [6.07, 6.45) is 13.7. The smallest absolute Gasteiger partial charge is 0.162 e. The fourth-order valence-electron chi connectivity index (χ4n) is 3.35. The summed E-state index contributed by atoms with van der Waals surface area (Å²) >= 11 is 0. The van der Waals surface area contributed by atoms with Gasteiger partial charge < -0.3 is 0 Å². The van der Waals surface area contributed by atoms with Gasteiger partial charge in [-0.2, -0.15) is 0 Å². The van der Waals surface area contributed by atoms with Gasteiger partial charge in [0.1, 0.15) is 0 Å². The van der Waals surface area contributed by atoms with Gasteiger partial charge in [0.2, 0.25) is 0 Å². The van der Waals surface area contributed by atoms with Crippen molar-refractivity contribution in [2.45, 2.75) is 58.3 Å². The van der Waals surface area contributed by atoms with Crippen molar-refractivity contribution in [1.82, 2.24) is 0 Å². The fraction of sp³-hybridized carbons (Fsp3) is 0.579. The molecule has 1 aromatic rings. The molecule has 21 heavy (non-hydrogen) atoms. The van der Waals surface area contributed by atoms with E-state index in [4.69, 9.17) is 0 Å². The Morgan fingerprint density at radius 2 is 1.90 bits per heavy atom. The highest BCUT2D eigenvalue weighted by atomic mass is 19.2. The van der Waals surface area contributed by atoms with Crippen LogP contribution in [0.3, 0.4) is 0 Å². The van der Waals surface area contributed by atoms with E-state index < -0.39 is 11.6 Å². The zero-order valence-corrected chi connectivity index (χ0v) is 13.0. The molecule has 2 rings (SSSR count). The third-order valence-corrected chi connectivity index (χ3v) is 4.61. The normalized spacial score (nSPS) is 22.8. The molecule has 0 N–H and O–H groups in total. The summed E-state index contributed by atoms with van der Waals surface area (Å²) in [7, 11) is 0. The van der Waals surface area contributed by atoms with Crippen molar-refractivity contribution in [3.63, 3.8) is 0 Å². The van der Waals surface area contributed by atoms with Crippen LogP contribution in [0.2, 0.25) is 0 Å². The highest BCUT2D eigenvalue weighted by Gasteiger charge is 2.18. The monoisotopic (exact) mass is 292 g/mol. The van der Waals surface area contributed by atoms with Crippen LogP contribution in [-0.4, -0.2) is 0 Å². The van der Waals surface area contributed by atoms with Crippen LogP contribution in [0.4, 0.5) is 8.78 Å². The topological polar surface area (TPSA) is 0 Å². The van der Waals surface area contributed by atoms with Crippen LogP contribution in [0.5, 0.6) is 0 Å². The predicted octanol–water partition coefficient (Wildman–Crippen LogP) is 6.06. The zero-order valence-electron chi connectivity index (χ0n) is 13.0. The molecule has 0 nitrogen and oxygen atoms in total. The molecule has 0 saturated heterocycles. The lowest BCUT2D eigenvalue weighted by Gasteiger charge is -2.26. The minimum absolute atomic E-state index is 0.478. The molecule has 1 aromatic carbocycles. The first-order valence-corrected chi connectivity index (χ1v) is 8.30. The molecular weight excluding hydrogens is 266 g/mol. The highest BCUT2D eigenvalue weighted by molar-refractivity contribution is 5.19. The van der Waals surface area contributed by atoms with Gasteiger partial charge in [0.15, 0.2) is 11.6 Å². The molecule has 0 aromatic heterocycles. The molecule has 0 heterocycles.